The number of fused-ring (bicyclic) bond motifs is 2. The van der Waals surface area contributed by atoms with Crippen LogP contribution in [0.25, 0.3) is 10.9 Å². The summed E-state index contributed by atoms with van der Waals surface area (Å²) in [4.78, 5) is 62.4. The number of carbonyl (C=O) groups excluding carboxylic acids is 3. The van der Waals surface area contributed by atoms with Gasteiger partial charge in [-0.05, 0) is 43.4 Å². The van der Waals surface area contributed by atoms with Gasteiger partial charge in [0, 0.05) is 31.0 Å². The van der Waals surface area contributed by atoms with Crippen LogP contribution in [0.1, 0.15) is 66.9 Å². The largest absolute Gasteiger partial charge is 0.348 e. The van der Waals surface area contributed by atoms with Crippen molar-refractivity contribution in [2.45, 2.75) is 65.1 Å². The molecule has 2 aromatic carbocycles. The topological polar surface area (TPSA) is 142 Å². The van der Waals surface area contributed by atoms with Gasteiger partial charge in [0.05, 0.1) is 18.1 Å². The van der Waals surface area contributed by atoms with Crippen molar-refractivity contribution in [3.8, 4) is 0 Å². The van der Waals surface area contributed by atoms with Crippen molar-refractivity contribution in [3.05, 3.63) is 93.5 Å². The maximum atomic E-state index is 14.6. The van der Waals surface area contributed by atoms with Gasteiger partial charge in [-0.2, -0.15) is 5.10 Å². The number of nitrogens with zero attached hydrogens (tertiary/aromatic N) is 4. The summed E-state index contributed by atoms with van der Waals surface area (Å²) in [5.41, 5.74) is 0.408. The Labute approximate surface area is 260 Å². The van der Waals surface area contributed by atoms with Gasteiger partial charge in [0.25, 0.3) is 5.91 Å². The third kappa shape index (κ3) is 7.27. The van der Waals surface area contributed by atoms with Crippen LogP contribution >= 0.6 is 0 Å². The van der Waals surface area contributed by atoms with Gasteiger partial charge in [-0.15, -0.1) is 0 Å². The summed E-state index contributed by atoms with van der Waals surface area (Å²) in [7, 11) is 0. The summed E-state index contributed by atoms with van der Waals surface area (Å²) < 4.78 is 16.3. The van der Waals surface area contributed by atoms with E-state index in [0.717, 1.165) is 5.56 Å². The van der Waals surface area contributed by atoms with Crippen molar-refractivity contribution in [1.82, 2.24) is 35.3 Å². The predicted molar refractivity (Wildman–Crippen MR) is 167 cm³/mol. The molecular weight excluding hydrogens is 577 g/mol. The Kier molecular flexibility index (Phi) is 9.70. The molecule has 2 aromatic heterocycles. The maximum Gasteiger partial charge on any atom is 0.270 e. The highest BCUT2D eigenvalue weighted by molar-refractivity contribution is 5.95. The smallest absolute Gasteiger partial charge is 0.270 e. The van der Waals surface area contributed by atoms with E-state index in [1.54, 1.807) is 11.6 Å². The number of benzene rings is 2. The lowest BCUT2D eigenvalue weighted by molar-refractivity contribution is -0.130. The molecule has 236 valence electrons. The highest BCUT2D eigenvalue weighted by atomic mass is 19.1. The van der Waals surface area contributed by atoms with E-state index >= 15 is 0 Å². The second-order valence-corrected chi connectivity index (χ2v) is 11.5. The number of amides is 3. The number of rotatable bonds is 5. The molecule has 3 amide bonds. The average molecular weight is 616 g/mol. The normalized spacial score (nSPS) is 18.9. The molecule has 0 saturated carbocycles. The molecule has 0 bridgehead atoms. The van der Waals surface area contributed by atoms with E-state index in [4.69, 9.17) is 0 Å². The van der Waals surface area contributed by atoms with Crippen molar-refractivity contribution in [2.75, 3.05) is 13.1 Å². The van der Waals surface area contributed by atoms with E-state index in [9.17, 15) is 23.6 Å². The zero-order valence-corrected chi connectivity index (χ0v) is 25.7. The first-order valence-electron chi connectivity index (χ1n) is 15.3. The fraction of sp³-hybridized carbons (Fsp3) is 0.394. The molecule has 0 aliphatic carbocycles. The number of aryl methyl sites for hydroxylation is 1. The Hall–Kier alpha value is -4.87. The highest BCUT2D eigenvalue weighted by Crippen LogP contribution is 2.20. The molecule has 0 unspecified atom stereocenters. The lowest BCUT2D eigenvalue weighted by atomic mass is 9.97. The Balaban J connectivity index is 1.51. The molecule has 5 rings (SSSR count). The molecule has 45 heavy (non-hydrogen) atoms. The van der Waals surface area contributed by atoms with Gasteiger partial charge >= 0.3 is 0 Å². The third-order valence-electron chi connectivity index (χ3n) is 8.27. The fourth-order valence-corrected chi connectivity index (χ4v) is 5.64. The number of para-hydroxylation sites is 1. The van der Waals surface area contributed by atoms with E-state index < -0.39 is 29.2 Å². The number of hydrogen-bond donors (Lipinski definition) is 3. The molecule has 3 atom stereocenters. The Morgan fingerprint density at radius 1 is 1.04 bits per heavy atom. The van der Waals surface area contributed by atoms with Gasteiger partial charge in [0.15, 0.2) is 5.43 Å². The molecule has 0 radical (unpaired) electrons. The van der Waals surface area contributed by atoms with Crippen LogP contribution in [0.15, 0.2) is 59.4 Å². The van der Waals surface area contributed by atoms with E-state index in [0.29, 0.717) is 30.9 Å². The number of nitrogens with one attached hydrogen (secondary N) is 3. The second kappa shape index (κ2) is 13.8. The Morgan fingerprint density at radius 3 is 2.58 bits per heavy atom. The summed E-state index contributed by atoms with van der Waals surface area (Å²) >= 11 is 0. The van der Waals surface area contributed by atoms with Gasteiger partial charge in [-0.3, -0.25) is 19.2 Å². The monoisotopic (exact) mass is 615 g/mol. The zero-order chi connectivity index (χ0) is 32.1. The van der Waals surface area contributed by atoms with Gasteiger partial charge < -0.3 is 20.5 Å². The van der Waals surface area contributed by atoms with Crippen LogP contribution in [0, 0.1) is 18.7 Å². The number of pyridine rings is 1. The average Bonchev–Trinajstić information content (AvgIpc) is 3.41. The molecule has 3 N–H and O–H groups in total. The standard InChI is InChI=1S/C33H38FN7O4/c1-4-20(2)29-32(44)37-25(18-22-10-6-5-7-11-22)31-35-21(3)39-41(31)17-16-40(15-9-14-28(43)38-29)33(45)26-19-27(42)23-12-8-13-24(34)30(23)36-26/h5-8,10-13,19-20,25,29H,4,9,14-18H2,1-3H3,(H,36,42)(H,37,44)(H,38,43)/t20-,25-,29-/m0/s1. The summed E-state index contributed by atoms with van der Waals surface area (Å²) in [6.45, 7) is 6.21. The first kappa shape index (κ1) is 31.6. The summed E-state index contributed by atoms with van der Waals surface area (Å²) in [6.07, 6.45) is 1.48. The van der Waals surface area contributed by atoms with Gasteiger partial charge in [0.2, 0.25) is 11.8 Å². The molecule has 3 heterocycles. The number of halogens is 1. The molecule has 0 spiro atoms. The molecule has 11 nitrogen and oxygen atoms in total. The second-order valence-electron chi connectivity index (χ2n) is 11.5. The molecular formula is C33H38FN7O4. The lowest BCUT2D eigenvalue weighted by Gasteiger charge is -2.28. The summed E-state index contributed by atoms with van der Waals surface area (Å²) in [6, 6.07) is 13.7. The van der Waals surface area contributed by atoms with Crippen molar-refractivity contribution in [3.63, 3.8) is 0 Å². The molecule has 12 heteroatoms. The van der Waals surface area contributed by atoms with Crippen LogP contribution in [-0.2, 0) is 22.6 Å². The van der Waals surface area contributed by atoms with E-state index in [1.165, 1.54) is 29.2 Å². The predicted octanol–water partition coefficient (Wildman–Crippen LogP) is 3.43. The molecule has 4 aromatic rings. The quantitative estimate of drug-likeness (QED) is 0.314. The third-order valence-corrected chi connectivity index (χ3v) is 8.27. The number of hydrogen-bond acceptors (Lipinski definition) is 6. The van der Waals surface area contributed by atoms with Gasteiger partial charge in [0.1, 0.15) is 29.2 Å². The molecule has 1 aliphatic rings. The van der Waals surface area contributed by atoms with Crippen molar-refractivity contribution >= 4 is 28.6 Å². The van der Waals surface area contributed by atoms with Crippen LogP contribution in [0.3, 0.4) is 0 Å². The summed E-state index contributed by atoms with van der Waals surface area (Å²) in [5, 5.41) is 10.8. The maximum absolute atomic E-state index is 14.6. The van der Waals surface area contributed by atoms with Crippen LogP contribution in [0.2, 0.25) is 0 Å². The van der Waals surface area contributed by atoms with Gasteiger partial charge in [-0.1, -0.05) is 56.7 Å². The number of aromatic nitrogens is 4. The molecule has 0 fully saturated rings. The van der Waals surface area contributed by atoms with Crippen LogP contribution in [-0.4, -0.2) is 61.5 Å². The van der Waals surface area contributed by atoms with Gasteiger partial charge in [-0.25, -0.2) is 14.1 Å². The lowest BCUT2D eigenvalue weighted by Crippen LogP contribution is -2.51. The molecule has 1 aliphatic heterocycles. The van der Waals surface area contributed by atoms with Crippen LogP contribution in [0.4, 0.5) is 4.39 Å². The minimum Gasteiger partial charge on any atom is -0.348 e. The van der Waals surface area contributed by atoms with Crippen molar-refractivity contribution in [2.24, 2.45) is 5.92 Å². The fourth-order valence-electron chi connectivity index (χ4n) is 5.64. The zero-order valence-electron chi connectivity index (χ0n) is 25.7. The molecule has 0 saturated heterocycles. The Morgan fingerprint density at radius 2 is 1.82 bits per heavy atom. The van der Waals surface area contributed by atoms with Crippen LogP contribution < -0.4 is 16.1 Å². The van der Waals surface area contributed by atoms with E-state index in [-0.39, 0.29) is 60.4 Å². The minimum atomic E-state index is -0.767. The summed E-state index contributed by atoms with van der Waals surface area (Å²) in [5.74, 6) is -0.865. The van der Waals surface area contributed by atoms with Crippen molar-refractivity contribution in [1.29, 1.82) is 0 Å². The first-order chi connectivity index (χ1) is 21.6. The van der Waals surface area contributed by atoms with E-state index in [2.05, 4.69) is 25.7 Å². The van der Waals surface area contributed by atoms with E-state index in [1.807, 2.05) is 44.2 Å². The first-order valence-corrected chi connectivity index (χ1v) is 15.3. The highest BCUT2D eigenvalue weighted by Gasteiger charge is 2.31. The van der Waals surface area contributed by atoms with Crippen molar-refractivity contribution < 1.29 is 18.8 Å². The minimum absolute atomic E-state index is 0.0420. The number of carbonyl (C=O) groups is 3. The number of H-pyrrole nitrogens is 1. The SMILES string of the molecule is CC[C@H](C)[C@@H]1NC(=O)CCCN(C(=O)c2cc(=O)c3cccc(F)c3[nH]2)CCn2nc(C)nc2[C@H](Cc2ccccc2)NC1=O. The van der Waals surface area contributed by atoms with Crippen LogP contribution in [0.5, 0.6) is 0 Å². The number of aromatic amines is 1. The Bertz CT molecular complexity index is 1750.